The molecule has 6 nitrogen and oxygen atoms in total. The van der Waals surface area contributed by atoms with Crippen molar-refractivity contribution in [2.24, 2.45) is 9.98 Å². The number of rotatable bonds is 6. The van der Waals surface area contributed by atoms with E-state index in [1.807, 2.05) is 0 Å². The fourth-order valence-corrected chi connectivity index (χ4v) is 9.98. The van der Waals surface area contributed by atoms with E-state index in [0.717, 1.165) is 115 Å². The van der Waals surface area contributed by atoms with Gasteiger partial charge >= 0.3 is 0 Å². The molecular formula is C58H40N6. The summed E-state index contributed by atoms with van der Waals surface area (Å²) >= 11 is 0. The Bertz CT molecular complexity index is 3020. The van der Waals surface area contributed by atoms with Gasteiger partial charge in [-0.05, 0) is 131 Å². The van der Waals surface area contributed by atoms with Crippen molar-refractivity contribution >= 4 is 91.0 Å². The standard InChI is InChI=1S/C58H40N6/c1-3-15-43(16-4-1)61-51-19-7-11-23-55(51)63(56-24-12-8-20-52(56)61)45-31-27-39(28-32-45)47-35-41-37-50-42(38-49(41)59-47)36-48(60-50)40-29-33-46(34-30-40)64-57-25-13-9-21-53(57)62(44-17-5-2-6-18-44)54-22-10-14-26-58(54)64/h1-34,37-38H,35-36H2. The number of fused-ring (bicyclic) bond motifs is 6. The third kappa shape index (κ3) is 5.80. The van der Waals surface area contributed by atoms with E-state index in [0.29, 0.717) is 0 Å². The Morgan fingerprint density at radius 1 is 0.266 bits per heavy atom. The van der Waals surface area contributed by atoms with Crippen LogP contribution in [0, 0.1) is 0 Å². The van der Waals surface area contributed by atoms with Crippen molar-refractivity contribution in [3.63, 3.8) is 0 Å². The number of anilines is 12. The van der Waals surface area contributed by atoms with E-state index >= 15 is 0 Å². The lowest BCUT2D eigenvalue weighted by atomic mass is 9.99. The van der Waals surface area contributed by atoms with Crippen LogP contribution < -0.4 is 19.6 Å². The lowest BCUT2D eigenvalue weighted by molar-refractivity contribution is 1.17. The highest BCUT2D eigenvalue weighted by molar-refractivity contribution is 6.10. The molecule has 0 aromatic heterocycles. The molecule has 0 fully saturated rings. The molecule has 9 aromatic rings. The molecule has 0 bridgehead atoms. The molecule has 0 aliphatic carbocycles. The van der Waals surface area contributed by atoms with Crippen molar-refractivity contribution in [3.8, 4) is 0 Å². The van der Waals surface area contributed by atoms with Gasteiger partial charge in [0.25, 0.3) is 0 Å². The van der Waals surface area contributed by atoms with Crippen LogP contribution in [-0.4, -0.2) is 11.4 Å². The fraction of sp³-hybridized carbons (Fsp3) is 0.0345. The zero-order chi connectivity index (χ0) is 42.1. The minimum absolute atomic E-state index is 0.781. The first-order valence-corrected chi connectivity index (χ1v) is 21.9. The lowest BCUT2D eigenvalue weighted by Gasteiger charge is -2.40. The lowest BCUT2D eigenvalue weighted by Crippen LogP contribution is -2.23. The molecule has 0 spiro atoms. The number of para-hydroxylation sites is 10. The molecule has 4 aliphatic rings. The average molecular weight is 821 g/mol. The Morgan fingerprint density at radius 2 is 0.516 bits per heavy atom. The maximum Gasteiger partial charge on any atom is 0.0703 e. The molecule has 4 aliphatic heterocycles. The Balaban J connectivity index is 0.751. The fourth-order valence-electron chi connectivity index (χ4n) is 9.98. The van der Waals surface area contributed by atoms with Crippen LogP contribution in [-0.2, 0) is 12.8 Å². The summed E-state index contributed by atoms with van der Waals surface area (Å²) in [6.45, 7) is 0. The summed E-state index contributed by atoms with van der Waals surface area (Å²) in [6, 6.07) is 78.2. The third-order valence-electron chi connectivity index (χ3n) is 12.9. The van der Waals surface area contributed by atoms with Crippen molar-refractivity contribution in [2.75, 3.05) is 19.6 Å². The van der Waals surface area contributed by atoms with Gasteiger partial charge in [-0.1, -0.05) is 109 Å². The molecule has 9 aromatic carbocycles. The third-order valence-corrected chi connectivity index (χ3v) is 12.9. The second-order valence-electron chi connectivity index (χ2n) is 16.6. The molecule has 0 atom stereocenters. The largest absolute Gasteiger partial charge is 0.306 e. The molecule has 4 heterocycles. The first-order chi connectivity index (χ1) is 31.7. The number of benzene rings is 9. The monoisotopic (exact) mass is 820 g/mol. The van der Waals surface area contributed by atoms with E-state index in [4.69, 9.17) is 9.98 Å². The minimum atomic E-state index is 0.781. The normalized spacial score (nSPS) is 14.2. The minimum Gasteiger partial charge on any atom is -0.306 e. The van der Waals surface area contributed by atoms with E-state index in [1.54, 1.807) is 0 Å². The van der Waals surface area contributed by atoms with Crippen LogP contribution in [0.3, 0.4) is 0 Å². The van der Waals surface area contributed by atoms with Gasteiger partial charge in [0.05, 0.1) is 68.3 Å². The molecule has 13 rings (SSSR count). The van der Waals surface area contributed by atoms with E-state index in [-0.39, 0.29) is 0 Å². The van der Waals surface area contributed by atoms with E-state index < -0.39 is 0 Å². The van der Waals surface area contributed by atoms with Crippen LogP contribution in [0.4, 0.5) is 79.6 Å². The van der Waals surface area contributed by atoms with E-state index in [2.05, 4.69) is 238 Å². The maximum atomic E-state index is 5.22. The van der Waals surface area contributed by atoms with Gasteiger partial charge in [-0.3, -0.25) is 9.98 Å². The van der Waals surface area contributed by atoms with Gasteiger partial charge in [-0.2, -0.15) is 0 Å². The van der Waals surface area contributed by atoms with Gasteiger partial charge in [-0.25, -0.2) is 0 Å². The van der Waals surface area contributed by atoms with Gasteiger partial charge in [0.2, 0.25) is 0 Å². The summed E-state index contributed by atoms with van der Waals surface area (Å²) in [7, 11) is 0. The van der Waals surface area contributed by atoms with Gasteiger partial charge in [0.1, 0.15) is 0 Å². The highest BCUT2D eigenvalue weighted by Crippen LogP contribution is 2.55. The predicted octanol–water partition coefficient (Wildman–Crippen LogP) is 15.5. The molecule has 64 heavy (non-hydrogen) atoms. The van der Waals surface area contributed by atoms with Crippen molar-refractivity contribution in [1.29, 1.82) is 0 Å². The van der Waals surface area contributed by atoms with Gasteiger partial charge in [0.15, 0.2) is 0 Å². The van der Waals surface area contributed by atoms with Crippen molar-refractivity contribution in [1.82, 2.24) is 0 Å². The first kappa shape index (κ1) is 36.2. The topological polar surface area (TPSA) is 37.7 Å². The van der Waals surface area contributed by atoms with Crippen molar-refractivity contribution in [3.05, 3.63) is 241 Å². The van der Waals surface area contributed by atoms with E-state index in [9.17, 15) is 0 Å². The Hall–Kier alpha value is -8.48. The number of nitrogens with zero attached hydrogens (tertiary/aromatic N) is 6. The van der Waals surface area contributed by atoms with Gasteiger partial charge in [0, 0.05) is 35.6 Å². The van der Waals surface area contributed by atoms with Crippen LogP contribution in [0.2, 0.25) is 0 Å². The average Bonchev–Trinajstić information content (AvgIpc) is 3.98. The highest BCUT2D eigenvalue weighted by atomic mass is 15.3. The molecular weight excluding hydrogens is 781 g/mol. The summed E-state index contributed by atoms with van der Waals surface area (Å²) in [5.74, 6) is 0. The van der Waals surface area contributed by atoms with Crippen LogP contribution in [0.15, 0.2) is 228 Å². The van der Waals surface area contributed by atoms with Crippen LogP contribution in [0.5, 0.6) is 0 Å². The van der Waals surface area contributed by atoms with Crippen LogP contribution in [0.1, 0.15) is 22.3 Å². The summed E-state index contributed by atoms with van der Waals surface area (Å²) in [5, 5.41) is 0. The molecule has 6 heteroatoms. The maximum absolute atomic E-state index is 5.22. The molecule has 0 amide bonds. The smallest absolute Gasteiger partial charge is 0.0703 e. The summed E-state index contributed by atoms with van der Waals surface area (Å²) < 4.78 is 0. The number of aliphatic imine (C=N–C) groups is 2. The zero-order valence-corrected chi connectivity index (χ0v) is 34.9. The molecule has 0 N–H and O–H groups in total. The van der Waals surface area contributed by atoms with Gasteiger partial charge < -0.3 is 19.6 Å². The van der Waals surface area contributed by atoms with Crippen LogP contribution >= 0.6 is 0 Å². The molecule has 0 saturated heterocycles. The van der Waals surface area contributed by atoms with Crippen molar-refractivity contribution in [2.45, 2.75) is 12.8 Å². The Labute approximate surface area is 372 Å². The predicted molar refractivity (Wildman–Crippen MR) is 265 cm³/mol. The van der Waals surface area contributed by atoms with Crippen LogP contribution in [0.25, 0.3) is 0 Å². The summed E-state index contributed by atoms with van der Waals surface area (Å²) in [5.41, 5.74) is 22.7. The Kier molecular flexibility index (Phi) is 8.24. The van der Waals surface area contributed by atoms with E-state index in [1.165, 1.54) is 11.1 Å². The molecule has 302 valence electrons. The zero-order valence-electron chi connectivity index (χ0n) is 34.9. The molecule has 0 saturated carbocycles. The number of hydrogen-bond acceptors (Lipinski definition) is 6. The SMILES string of the molecule is c1ccc(N2c3ccccc3N(c3ccc(C4=Nc5cc6c(cc5C4)N=C(c4ccc(N5c7ccccc7N(c7ccccc7)c7ccccc75)cc4)C6)cc3)c3ccccc32)cc1. The summed E-state index contributed by atoms with van der Waals surface area (Å²) in [6.07, 6.45) is 1.56. The quantitative estimate of drug-likeness (QED) is 0.167. The highest BCUT2D eigenvalue weighted by Gasteiger charge is 2.32. The Morgan fingerprint density at radius 3 is 0.797 bits per heavy atom. The van der Waals surface area contributed by atoms with Crippen molar-refractivity contribution < 1.29 is 0 Å². The first-order valence-electron chi connectivity index (χ1n) is 21.9. The second kappa shape index (κ2) is 14.6. The van der Waals surface area contributed by atoms with Gasteiger partial charge in [-0.15, -0.1) is 0 Å². The molecule has 0 unspecified atom stereocenters. The molecule has 0 radical (unpaired) electrons. The second-order valence-corrected chi connectivity index (χ2v) is 16.6. The number of hydrogen-bond donors (Lipinski definition) is 0. The summed E-state index contributed by atoms with van der Waals surface area (Å²) in [4.78, 5) is 19.9.